The van der Waals surface area contributed by atoms with Crippen molar-refractivity contribution >= 4 is 0 Å². The van der Waals surface area contributed by atoms with Crippen LogP contribution in [-0.2, 0) is 4.74 Å². The molecule has 3 rings (SSSR count). The monoisotopic (exact) mass is 246 g/mol. The minimum atomic E-state index is -2.72. The van der Waals surface area contributed by atoms with Crippen molar-refractivity contribution in [2.24, 2.45) is 0 Å². The number of hydrogen-bond donors (Lipinski definition) is 0. The van der Waals surface area contributed by atoms with Crippen molar-refractivity contribution in [3.8, 4) is 11.1 Å². The van der Waals surface area contributed by atoms with Gasteiger partial charge in [-0.1, -0.05) is 48.5 Å². The molecule has 2 aromatic carbocycles. The van der Waals surface area contributed by atoms with Crippen LogP contribution < -0.4 is 0 Å². The molecule has 2 aromatic rings. The van der Waals surface area contributed by atoms with Gasteiger partial charge in [-0.25, -0.2) is 0 Å². The van der Waals surface area contributed by atoms with Gasteiger partial charge in [-0.2, -0.15) is 8.78 Å². The van der Waals surface area contributed by atoms with E-state index in [1.54, 1.807) is 0 Å². The van der Waals surface area contributed by atoms with E-state index in [4.69, 9.17) is 0 Å². The maximum absolute atomic E-state index is 12.2. The summed E-state index contributed by atoms with van der Waals surface area (Å²) in [5.74, 6) is -0.0913. The number of hydrogen-bond acceptors (Lipinski definition) is 1. The summed E-state index contributed by atoms with van der Waals surface area (Å²) in [6, 6.07) is 15.8. The van der Waals surface area contributed by atoms with Crippen molar-refractivity contribution < 1.29 is 13.5 Å². The van der Waals surface area contributed by atoms with E-state index in [1.165, 1.54) is 0 Å². The third kappa shape index (κ3) is 1.81. The van der Waals surface area contributed by atoms with Gasteiger partial charge in [0.25, 0.3) is 0 Å². The molecule has 0 amide bonds. The largest absolute Gasteiger partial charge is 0.345 e. The molecule has 0 saturated heterocycles. The van der Waals surface area contributed by atoms with Crippen LogP contribution in [0.3, 0.4) is 0 Å². The number of benzene rings is 2. The Morgan fingerprint density at radius 1 is 0.889 bits per heavy atom. The van der Waals surface area contributed by atoms with Gasteiger partial charge >= 0.3 is 6.61 Å². The van der Waals surface area contributed by atoms with Crippen molar-refractivity contribution in [2.75, 3.05) is 6.61 Å². The van der Waals surface area contributed by atoms with Gasteiger partial charge in [-0.05, 0) is 22.3 Å². The lowest BCUT2D eigenvalue weighted by Crippen LogP contribution is -2.10. The first-order chi connectivity index (χ1) is 8.77. The summed E-state index contributed by atoms with van der Waals surface area (Å²) < 4.78 is 28.9. The van der Waals surface area contributed by atoms with Gasteiger partial charge < -0.3 is 4.74 Å². The summed E-state index contributed by atoms with van der Waals surface area (Å²) in [6.07, 6.45) is 0. The molecule has 3 heteroatoms. The molecule has 1 nitrogen and oxygen atoms in total. The van der Waals surface area contributed by atoms with E-state index in [-0.39, 0.29) is 12.5 Å². The fourth-order valence-electron chi connectivity index (χ4n) is 2.61. The second kappa shape index (κ2) is 4.50. The van der Waals surface area contributed by atoms with E-state index in [1.807, 2.05) is 48.5 Å². The predicted molar refractivity (Wildman–Crippen MR) is 65.7 cm³/mol. The highest BCUT2D eigenvalue weighted by Crippen LogP contribution is 2.44. The number of rotatable bonds is 3. The van der Waals surface area contributed by atoms with Crippen LogP contribution >= 0.6 is 0 Å². The Bertz CT molecular complexity index is 520. The molecule has 0 radical (unpaired) electrons. The summed E-state index contributed by atoms with van der Waals surface area (Å²) in [5.41, 5.74) is 4.38. The maximum Gasteiger partial charge on any atom is 0.345 e. The quantitative estimate of drug-likeness (QED) is 0.794. The Morgan fingerprint density at radius 2 is 1.39 bits per heavy atom. The lowest BCUT2D eigenvalue weighted by molar-refractivity contribution is -0.130. The second-order valence-electron chi connectivity index (χ2n) is 4.32. The molecular formula is C15H12F2O. The first-order valence-corrected chi connectivity index (χ1v) is 5.85. The topological polar surface area (TPSA) is 9.23 Å². The van der Waals surface area contributed by atoms with E-state index in [0.29, 0.717) is 0 Å². The fraction of sp³-hybridized carbons (Fsp3) is 0.200. The van der Waals surface area contributed by atoms with Crippen LogP contribution in [-0.4, -0.2) is 13.2 Å². The van der Waals surface area contributed by atoms with Crippen molar-refractivity contribution in [1.82, 2.24) is 0 Å². The fourth-order valence-corrected chi connectivity index (χ4v) is 2.61. The summed E-state index contributed by atoms with van der Waals surface area (Å²) in [7, 11) is 0. The molecule has 0 N–H and O–H groups in total. The zero-order valence-corrected chi connectivity index (χ0v) is 9.64. The van der Waals surface area contributed by atoms with Crippen LogP contribution in [0.2, 0.25) is 0 Å². The summed E-state index contributed by atoms with van der Waals surface area (Å²) >= 11 is 0. The standard InChI is InChI=1S/C15H12F2O/c16-15(17)18-9-14-12-7-3-1-5-10(12)11-6-2-4-8-13(11)14/h1-8,14-15H,9H2. The lowest BCUT2D eigenvalue weighted by atomic mass is 9.98. The molecule has 0 spiro atoms. The van der Waals surface area contributed by atoms with Crippen LogP contribution in [0.15, 0.2) is 48.5 Å². The molecule has 0 aliphatic heterocycles. The van der Waals surface area contributed by atoms with E-state index in [0.717, 1.165) is 22.3 Å². The molecule has 0 bridgehead atoms. The van der Waals surface area contributed by atoms with E-state index < -0.39 is 6.61 Å². The molecule has 1 aliphatic rings. The average molecular weight is 246 g/mol. The zero-order valence-electron chi connectivity index (χ0n) is 9.64. The van der Waals surface area contributed by atoms with Gasteiger partial charge in [0.1, 0.15) is 0 Å². The Hall–Kier alpha value is -1.74. The molecule has 0 heterocycles. The van der Waals surface area contributed by atoms with Crippen LogP contribution in [0.5, 0.6) is 0 Å². The van der Waals surface area contributed by atoms with Crippen molar-refractivity contribution in [3.63, 3.8) is 0 Å². The highest BCUT2D eigenvalue weighted by atomic mass is 19.3. The molecule has 0 atom stereocenters. The summed E-state index contributed by atoms with van der Waals surface area (Å²) in [4.78, 5) is 0. The molecule has 92 valence electrons. The molecular weight excluding hydrogens is 234 g/mol. The lowest BCUT2D eigenvalue weighted by Gasteiger charge is -2.13. The minimum absolute atomic E-state index is 0.0195. The normalized spacial score (nSPS) is 13.7. The van der Waals surface area contributed by atoms with Crippen molar-refractivity contribution in [2.45, 2.75) is 12.5 Å². The smallest absolute Gasteiger partial charge is 0.322 e. The van der Waals surface area contributed by atoms with Crippen LogP contribution in [0.4, 0.5) is 8.78 Å². The molecule has 0 saturated carbocycles. The van der Waals surface area contributed by atoms with E-state index in [2.05, 4.69) is 4.74 Å². The first kappa shape index (κ1) is 11.4. The zero-order chi connectivity index (χ0) is 12.5. The predicted octanol–water partition coefficient (Wildman–Crippen LogP) is 4.04. The Morgan fingerprint density at radius 3 is 1.89 bits per heavy atom. The Balaban J connectivity index is 2.03. The SMILES string of the molecule is FC(F)OCC1c2ccccc2-c2ccccc21. The molecule has 0 fully saturated rings. The molecule has 0 unspecified atom stereocenters. The Labute approximate surface area is 104 Å². The maximum atomic E-state index is 12.2. The molecule has 0 aromatic heterocycles. The van der Waals surface area contributed by atoms with Gasteiger partial charge in [-0.3, -0.25) is 0 Å². The van der Waals surface area contributed by atoms with Crippen molar-refractivity contribution in [1.29, 1.82) is 0 Å². The molecule has 1 aliphatic carbocycles. The first-order valence-electron chi connectivity index (χ1n) is 5.85. The van der Waals surface area contributed by atoms with Crippen LogP contribution in [0.1, 0.15) is 17.0 Å². The number of ether oxygens (including phenoxy) is 1. The highest BCUT2D eigenvalue weighted by Gasteiger charge is 2.28. The minimum Gasteiger partial charge on any atom is -0.322 e. The third-order valence-electron chi connectivity index (χ3n) is 3.35. The Kier molecular flexibility index (Phi) is 2.84. The van der Waals surface area contributed by atoms with Gasteiger partial charge in [0, 0.05) is 5.92 Å². The van der Waals surface area contributed by atoms with Gasteiger partial charge in [0.15, 0.2) is 0 Å². The molecule has 18 heavy (non-hydrogen) atoms. The van der Waals surface area contributed by atoms with Gasteiger partial charge in [0.05, 0.1) is 6.61 Å². The summed E-state index contributed by atoms with van der Waals surface area (Å²) in [6.45, 7) is -2.70. The second-order valence-corrected chi connectivity index (χ2v) is 4.32. The van der Waals surface area contributed by atoms with Crippen LogP contribution in [0.25, 0.3) is 11.1 Å². The summed E-state index contributed by atoms with van der Waals surface area (Å²) in [5, 5.41) is 0. The average Bonchev–Trinajstić information content (AvgIpc) is 2.71. The number of fused-ring (bicyclic) bond motifs is 3. The van der Waals surface area contributed by atoms with E-state index in [9.17, 15) is 8.78 Å². The van der Waals surface area contributed by atoms with Gasteiger partial charge in [-0.15, -0.1) is 0 Å². The van der Waals surface area contributed by atoms with E-state index >= 15 is 0 Å². The number of alkyl halides is 2. The van der Waals surface area contributed by atoms with Crippen LogP contribution in [0, 0.1) is 0 Å². The van der Waals surface area contributed by atoms with Crippen molar-refractivity contribution in [3.05, 3.63) is 59.7 Å². The number of halogens is 2. The third-order valence-corrected chi connectivity index (χ3v) is 3.35. The highest BCUT2D eigenvalue weighted by molar-refractivity contribution is 5.78. The van der Waals surface area contributed by atoms with Gasteiger partial charge in [0.2, 0.25) is 0 Å².